The normalized spacial score (nSPS) is 15.8. The van der Waals surface area contributed by atoms with Crippen molar-refractivity contribution in [3.63, 3.8) is 0 Å². The molecular weight excluding hydrogens is 398 g/mol. The Hall–Kier alpha value is -2.53. The fourth-order valence-electron chi connectivity index (χ4n) is 4.21. The van der Waals surface area contributed by atoms with Crippen LogP contribution in [0.1, 0.15) is 50.9 Å². The minimum atomic E-state index is -0.164. The standard InChI is InChI=1S/C24H28ClN3O2/c1-17(26-24(29)18-7-3-2-4-8-18)23-27-21-9-5-6-10-22(21)28(23)15-16-30-20-13-11-19(25)12-14-20/h5-6,9-14,17-18H,2-4,7-8,15-16H2,1H3,(H,26,29). The first-order chi connectivity index (χ1) is 14.6. The van der Waals surface area contributed by atoms with Crippen LogP contribution in [0.5, 0.6) is 5.75 Å². The number of carbonyl (C=O) groups excluding carboxylic acids is 1. The van der Waals surface area contributed by atoms with Gasteiger partial charge < -0.3 is 14.6 Å². The molecule has 1 heterocycles. The Morgan fingerprint density at radius 3 is 2.67 bits per heavy atom. The van der Waals surface area contributed by atoms with Gasteiger partial charge in [0.1, 0.15) is 18.2 Å². The number of halogens is 1. The number of nitrogens with zero attached hydrogens (tertiary/aromatic N) is 2. The van der Waals surface area contributed by atoms with Crippen LogP contribution in [0.2, 0.25) is 5.02 Å². The van der Waals surface area contributed by atoms with E-state index in [-0.39, 0.29) is 17.9 Å². The molecular formula is C24H28ClN3O2. The summed E-state index contributed by atoms with van der Waals surface area (Å²) in [6.07, 6.45) is 5.51. The van der Waals surface area contributed by atoms with Crippen molar-refractivity contribution in [1.82, 2.24) is 14.9 Å². The monoisotopic (exact) mass is 425 g/mol. The van der Waals surface area contributed by atoms with Crippen molar-refractivity contribution in [2.24, 2.45) is 5.92 Å². The van der Waals surface area contributed by atoms with E-state index >= 15 is 0 Å². The zero-order valence-corrected chi connectivity index (χ0v) is 18.1. The van der Waals surface area contributed by atoms with Crippen LogP contribution in [0.15, 0.2) is 48.5 Å². The van der Waals surface area contributed by atoms with Gasteiger partial charge in [-0.3, -0.25) is 4.79 Å². The third-order valence-corrected chi connectivity index (χ3v) is 6.06. The Morgan fingerprint density at radius 1 is 1.17 bits per heavy atom. The first-order valence-corrected chi connectivity index (χ1v) is 11.1. The topological polar surface area (TPSA) is 56.2 Å². The zero-order chi connectivity index (χ0) is 20.9. The van der Waals surface area contributed by atoms with Crippen LogP contribution in [0.25, 0.3) is 11.0 Å². The molecule has 1 aliphatic carbocycles. The van der Waals surface area contributed by atoms with Gasteiger partial charge in [0, 0.05) is 10.9 Å². The highest BCUT2D eigenvalue weighted by molar-refractivity contribution is 6.30. The lowest BCUT2D eigenvalue weighted by Crippen LogP contribution is -2.35. The third-order valence-electron chi connectivity index (χ3n) is 5.80. The Bertz CT molecular complexity index is 993. The lowest BCUT2D eigenvalue weighted by atomic mass is 9.88. The van der Waals surface area contributed by atoms with E-state index in [2.05, 4.69) is 16.0 Å². The third kappa shape index (κ3) is 4.78. The molecule has 3 aromatic rings. The Balaban J connectivity index is 1.49. The maximum absolute atomic E-state index is 12.8. The van der Waals surface area contributed by atoms with E-state index in [4.69, 9.17) is 21.3 Å². The van der Waals surface area contributed by atoms with E-state index in [1.54, 1.807) is 0 Å². The molecule has 0 radical (unpaired) electrons. The summed E-state index contributed by atoms with van der Waals surface area (Å²) in [5.41, 5.74) is 1.98. The van der Waals surface area contributed by atoms with E-state index < -0.39 is 0 Å². The number of fused-ring (bicyclic) bond motifs is 1. The largest absolute Gasteiger partial charge is 0.492 e. The van der Waals surface area contributed by atoms with E-state index in [9.17, 15) is 4.79 Å². The second kappa shape index (κ2) is 9.52. The Kier molecular flexibility index (Phi) is 6.58. The average molecular weight is 426 g/mol. The summed E-state index contributed by atoms with van der Waals surface area (Å²) in [4.78, 5) is 17.6. The number of hydrogen-bond acceptors (Lipinski definition) is 3. The van der Waals surface area contributed by atoms with Gasteiger partial charge in [-0.1, -0.05) is 43.0 Å². The molecule has 0 bridgehead atoms. The molecule has 1 amide bonds. The molecule has 1 fully saturated rings. The number of imidazole rings is 1. The molecule has 1 aliphatic rings. The summed E-state index contributed by atoms with van der Waals surface area (Å²) in [7, 11) is 0. The number of ether oxygens (including phenoxy) is 1. The van der Waals surface area contributed by atoms with Gasteiger partial charge in [-0.2, -0.15) is 0 Å². The zero-order valence-electron chi connectivity index (χ0n) is 17.3. The van der Waals surface area contributed by atoms with Gasteiger partial charge in [0.15, 0.2) is 0 Å². The highest BCUT2D eigenvalue weighted by atomic mass is 35.5. The number of carbonyl (C=O) groups is 1. The van der Waals surface area contributed by atoms with Crippen LogP contribution in [0.4, 0.5) is 0 Å². The van der Waals surface area contributed by atoms with Gasteiger partial charge in [0.25, 0.3) is 0 Å². The summed E-state index contributed by atoms with van der Waals surface area (Å²) in [5.74, 6) is 1.93. The minimum Gasteiger partial charge on any atom is -0.492 e. The van der Waals surface area contributed by atoms with Gasteiger partial charge in [-0.25, -0.2) is 4.98 Å². The molecule has 1 saturated carbocycles. The van der Waals surface area contributed by atoms with Crippen molar-refractivity contribution < 1.29 is 9.53 Å². The molecule has 4 rings (SSSR count). The second-order valence-corrected chi connectivity index (χ2v) is 8.41. The quantitative estimate of drug-likeness (QED) is 0.541. The highest BCUT2D eigenvalue weighted by Gasteiger charge is 2.24. The molecule has 1 atom stereocenters. The van der Waals surface area contributed by atoms with Crippen molar-refractivity contribution in [2.45, 2.75) is 51.6 Å². The molecule has 1 N–H and O–H groups in total. The lowest BCUT2D eigenvalue weighted by molar-refractivity contribution is -0.126. The summed E-state index contributed by atoms with van der Waals surface area (Å²) in [6, 6.07) is 15.3. The molecule has 1 unspecified atom stereocenters. The number of hydrogen-bond donors (Lipinski definition) is 1. The van der Waals surface area contributed by atoms with E-state index in [1.165, 1.54) is 6.42 Å². The van der Waals surface area contributed by atoms with Crippen LogP contribution < -0.4 is 10.1 Å². The number of benzene rings is 2. The molecule has 2 aromatic carbocycles. The predicted molar refractivity (Wildman–Crippen MR) is 120 cm³/mol. The van der Waals surface area contributed by atoms with E-state index in [1.807, 2.05) is 49.4 Å². The predicted octanol–water partition coefficient (Wildman–Crippen LogP) is 5.53. The smallest absolute Gasteiger partial charge is 0.223 e. The van der Waals surface area contributed by atoms with Crippen LogP contribution in [0, 0.1) is 5.92 Å². The van der Waals surface area contributed by atoms with Crippen molar-refractivity contribution in [3.8, 4) is 5.75 Å². The fourth-order valence-corrected chi connectivity index (χ4v) is 4.33. The van der Waals surface area contributed by atoms with Crippen molar-refractivity contribution in [3.05, 3.63) is 59.4 Å². The highest BCUT2D eigenvalue weighted by Crippen LogP contribution is 2.26. The maximum Gasteiger partial charge on any atom is 0.223 e. The summed E-state index contributed by atoms with van der Waals surface area (Å²) in [6.45, 7) is 3.15. The SMILES string of the molecule is CC(NC(=O)C1CCCCC1)c1nc2ccccc2n1CCOc1ccc(Cl)cc1. The molecule has 5 nitrogen and oxygen atoms in total. The van der Waals surface area contributed by atoms with Gasteiger partial charge in [-0.05, 0) is 56.2 Å². The van der Waals surface area contributed by atoms with Gasteiger partial charge >= 0.3 is 0 Å². The number of nitrogens with one attached hydrogen (secondary N) is 1. The molecule has 0 saturated heterocycles. The van der Waals surface area contributed by atoms with Crippen molar-refractivity contribution in [1.29, 1.82) is 0 Å². The minimum absolute atomic E-state index is 0.132. The molecule has 0 spiro atoms. The molecule has 1 aromatic heterocycles. The van der Waals surface area contributed by atoms with Crippen LogP contribution in [-0.2, 0) is 11.3 Å². The summed E-state index contributed by atoms with van der Waals surface area (Å²) in [5, 5.41) is 3.89. The molecule has 6 heteroatoms. The Labute approximate surface area is 182 Å². The van der Waals surface area contributed by atoms with E-state index in [0.717, 1.165) is 48.3 Å². The number of rotatable bonds is 7. The van der Waals surface area contributed by atoms with E-state index in [0.29, 0.717) is 18.2 Å². The van der Waals surface area contributed by atoms with Gasteiger partial charge in [-0.15, -0.1) is 0 Å². The van der Waals surface area contributed by atoms with Crippen LogP contribution in [0.3, 0.4) is 0 Å². The lowest BCUT2D eigenvalue weighted by Gasteiger charge is -2.23. The molecule has 30 heavy (non-hydrogen) atoms. The van der Waals surface area contributed by atoms with Gasteiger partial charge in [0.2, 0.25) is 5.91 Å². The first-order valence-electron chi connectivity index (χ1n) is 10.8. The van der Waals surface area contributed by atoms with Crippen LogP contribution in [-0.4, -0.2) is 22.1 Å². The summed E-state index contributed by atoms with van der Waals surface area (Å²) < 4.78 is 8.05. The second-order valence-electron chi connectivity index (χ2n) is 7.98. The Morgan fingerprint density at radius 2 is 1.90 bits per heavy atom. The number of amides is 1. The van der Waals surface area contributed by atoms with Gasteiger partial charge in [0.05, 0.1) is 23.6 Å². The van der Waals surface area contributed by atoms with Crippen molar-refractivity contribution in [2.75, 3.05) is 6.61 Å². The fraction of sp³-hybridized carbons (Fsp3) is 0.417. The average Bonchev–Trinajstić information content (AvgIpc) is 3.14. The molecule has 158 valence electrons. The van der Waals surface area contributed by atoms with Crippen LogP contribution >= 0.6 is 11.6 Å². The number of para-hydroxylation sites is 2. The maximum atomic E-state index is 12.8. The molecule has 0 aliphatic heterocycles. The first kappa shape index (κ1) is 20.7. The summed E-state index contributed by atoms with van der Waals surface area (Å²) >= 11 is 5.94. The van der Waals surface area contributed by atoms with Crippen molar-refractivity contribution >= 4 is 28.5 Å². The number of aromatic nitrogens is 2.